The van der Waals surface area contributed by atoms with Gasteiger partial charge in [-0.15, -0.1) is 0 Å². The van der Waals surface area contributed by atoms with Gasteiger partial charge in [-0.05, 0) is 48.3 Å². The third kappa shape index (κ3) is 3.11. The molecule has 0 amide bonds. The normalized spacial score (nSPS) is 17.5. The van der Waals surface area contributed by atoms with Crippen LogP contribution in [0.15, 0.2) is 22.7 Å². The Morgan fingerprint density at radius 2 is 2.06 bits per heavy atom. The molecule has 0 spiro atoms. The maximum atomic E-state index is 3.63. The van der Waals surface area contributed by atoms with Gasteiger partial charge in [0.2, 0.25) is 0 Å². The third-order valence-corrected chi connectivity index (χ3v) is 4.86. The van der Waals surface area contributed by atoms with Crippen molar-refractivity contribution >= 4 is 15.9 Å². The summed E-state index contributed by atoms with van der Waals surface area (Å²) in [6.07, 6.45) is 2.79. The molecule has 17 heavy (non-hydrogen) atoms. The van der Waals surface area contributed by atoms with Gasteiger partial charge in [0.1, 0.15) is 0 Å². The number of nitrogens with one attached hydrogen (secondary N) is 1. The van der Waals surface area contributed by atoms with E-state index in [-0.39, 0.29) is 0 Å². The summed E-state index contributed by atoms with van der Waals surface area (Å²) in [5, 5.41) is 3.62. The van der Waals surface area contributed by atoms with E-state index in [4.69, 9.17) is 0 Å². The van der Waals surface area contributed by atoms with Crippen LogP contribution >= 0.6 is 15.9 Å². The number of rotatable bonds is 5. The van der Waals surface area contributed by atoms with Crippen molar-refractivity contribution in [3.05, 3.63) is 33.8 Å². The summed E-state index contributed by atoms with van der Waals surface area (Å²) in [6.45, 7) is 8.94. The second kappa shape index (κ2) is 5.11. The van der Waals surface area contributed by atoms with Crippen LogP contribution < -0.4 is 5.32 Å². The third-order valence-electron chi connectivity index (χ3n) is 4.12. The number of hydrogen-bond acceptors (Lipinski definition) is 1. The Bertz CT molecular complexity index is 394. The fourth-order valence-corrected chi connectivity index (χ4v) is 2.99. The van der Waals surface area contributed by atoms with Gasteiger partial charge in [-0.25, -0.2) is 0 Å². The highest BCUT2D eigenvalue weighted by Crippen LogP contribution is 2.51. The molecule has 1 aromatic rings. The molecule has 0 saturated heterocycles. The molecule has 0 bridgehead atoms. The van der Waals surface area contributed by atoms with Gasteiger partial charge in [0.15, 0.2) is 0 Å². The predicted octanol–water partition coefficient (Wildman–Crippen LogP) is 4.28. The van der Waals surface area contributed by atoms with E-state index in [2.05, 4.69) is 60.2 Å². The van der Waals surface area contributed by atoms with Crippen molar-refractivity contribution < 1.29 is 0 Å². The first-order valence-corrected chi connectivity index (χ1v) is 7.28. The van der Waals surface area contributed by atoms with Crippen LogP contribution in [0.25, 0.3) is 0 Å². The van der Waals surface area contributed by atoms with Gasteiger partial charge in [-0.1, -0.05) is 41.9 Å². The molecule has 1 aromatic carbocycles. The van der Waals surface area contributed by atoms with Gasteiger partial charge >= 0.3 is 0 Å². The average molecular weight is 296 g/mol. The molecule has 1 N–H and O–H groups in total. The SMILES string of the molecule is Cc1ccc(CNCC2(C(C)C)CC2)c(Br)c1. The lowest BCUT2D eigenvalue weighted by atomic mass is 9.92. The van der Waals surface area contributed by atoms with Crippen LogP contribution in [0, 0.1) is 18.3 Å². The lowest BCUT2D eigenvalue weighted by Crippen LogP contribution is -2.27. The molecule has 0 atom stereocenters. The van der Waals surface area contributed by atoms with Gasteiger partial charge in [0, 0.05) is 17.6 Å². The van der Waals surface area contributed by atoms with Crippen molar-refractivity contribution in [1.29, 1.82) is 0 Å². The molecule has 0 unspecified atom stereocenters. The van der Waals surface area contributed by atoms with Crippen LogP contribution in [0.2, 0.25) is 0 Å². The van der Waals surface area contributed by atoms with Gasteiger partial charge in [0.05, 0.1) is 0 Å². The fourth-order valence-electron chi connectivity index (χ4n) is 2.36. The van der Waals surface area contributed by atoms with E-state index in [0.29, 0.717) is 5.41 Å². The topological polar surface area (TPSA) is 12.0 Å². The molecule has 2 rings (SSSR count). The fraction of sp³-hybridized carbons (Fsp3) is 0.600. The number of hydrogen-bond donors (Lipinski definition) is 1. The zero-order valence-corrected chi connectivity index (χ0v) is 12.6. The van der Waals surface area contributed by atoms with E-state index < -0.39 is 0 Å². The van der Waals surface area contributed by atoms with Gasteiger partial charge in [-0.2, -0.15) is 0 Å². The van der Waals surface area contributed by atoms with Crippen molar-refractivity contribution in [3.63, 3.8) is 0 Å². The summed E-state index contributed by atoms with van der Waals surface area (Å²) in [6, 6.07) is 6.57. The lowest BCUT2D eigenvalue weighted by Gasteiger charge is -2.20. The lowest BCUT2D eigenvalue weighted by molar-refractivity contribution is 0.337. The molecule has 2 heteroatoms. The van der Waals surface area contributed by atoms with Crippen molar-refractivity contribution in [2.24, 2.45) is 11.3 Å². The highest BCUT2D eigenvalue weighted by molar-refractivity contribution is 9.10. The van der Waals surface area contributed by atoms with Crippen LogP contribution in [0.3, 0.4) is 0 Å². The van der Waals surface area contributed by atoms with Gasteiger partial charge < -0.3 is 5.32 Å². The Labute approximate surface area is 113 Å². The molecule has 94 valence electrons. The standard InChI is InChI=1S/C15H22BrN/c1-11(2)15(6-7-15)10-17-9-13-5-4-12(3)8-14(13)16/h4-5,8,11,17H,6-7,9-10H2,1-3H3. The van der Waals surface area contributed by atoms with Crippen LogP contribution in [0.5, 0.6) is 0 Å². The Balaban J connectivity index is 1.86. The predicted molar refractivity (Wildman–Crippen MR) is 77.1 cm³/mol. The summed E-state index contributed by atoms with van der Waals surface area (Å²) in [7, 11) is 0. The zero-order valence-electron chi connectivity index (χ0n) is 11.0. The summed E-state index contributed by atoms with van der Waals surface area (Å²) >= 11 is 3.63. The molecule has 0 aliphatic heterocycles. The van der Waals surface area contributed by atoms with E-state index in [9.17, 15) is 0 Å². The highest BCUT2D eigenvalue weighted by Gasteiger charge is 2.44. The quantitative estimate of drug-likeness (QED) is 0.855. The maximum absolute atomic E-state index is 3.63. The molecule has 1 fully saturated rings. The summed E-state index contributed by atoms with van der Waals surface area (Å²) in [4.78, 5) is 0. The van der Waals surface area contributed by atoms with E-state index >= 15 is 0 Å². The average Bonchev–Trinajstić information content (AvgIpc) is 3.02. The van der Waals surface area contributed by atoms with Crippen LogP contribution in [-0.4, -0.2) is 6.54 Å². The molecule has 0 radical (unpaired) electrons. The second-order valence-corrected chi connectivity index (χ2v) is 6.57. The monoisotopic (exact) mass is 295 g/mol. The Morgan fingerprint density at radius 3 is 2.59 bits per heavy atom. The molecular weight excluding hydrogens is 274 g/mol. The number of benzene rings is 1. The van der Waals surface area contributed by atoms with Crippen LogP contribution in [-0.2, 0) is 6.54 Å². The van der Waals surface area contributed by atoms with Crippen molar-refractivity contribution in [3.8, 4) is 0 Å². The van der Waals surface area contributed by atoms with Gasteiger partial charge in [0.25, 0.3) is 0 Å². The smallest absolute Gasteiger partial charge is 0.0222 e. The molecule has 1 aliphatic carbocycles. The first-order chi connectivity index (χ1) is 8.03. The zero-order chi connectivity index (χ0) is 12.5. The summed E-state index contributed by atoms with van der Waals surface area (Å²) in [5.41, 5.74) is 3.26. The van der Waals surface area contributed by atoms with Crippen molar-refractivity contribution in [2.45, 2.75) is 40.2 Å². The first-order valence-electron chi connectivity index (χ1n) is 6.49. The molecule has 1 nitrogen and oxygen atoms in total. The van der Waals surface area contributed by atoms with E-state index in [0.717, 1.165) is 19.0 Å². The molecule has 0 heterocycles. The van der Waals surface area contributed by atoms with Crippen LogP contribution in [0.1, 0.15) is 37.8 Å². The summed E-state index contributed by atoms with van der Waals surface area (Å²) in [5.74, 6) is 0.802. The highest BCUT2D eigenvalue weighted by atomic mass is 79.9. The van der Waals surface area contributed by atoms with E-state index in [1.165, 1.54) is 28.4 Å². The number of aryl methyl sites for hydroxylation is 1. The first kappa shape index (κ1) is 13.1. The van der Waals surface area contributed by atoms with E-state index in [1.807, 2.05) is 0 Å². The maximum Gasteiger partial charge on any atom is 0.0222 e. The van der Waals surface area contributed by atoms with Crippen molar-refractivity contribution in [2.75, 3.05) is 6.54 Å². The second-order valence-electron chi connectivity index (χ2n) is 5.72. The molecule has 0 aromatic heterocycles. The Morgan fingerprint density at radius 1 is 1.35 bits per heavy atom. The Hall–Kier alpha value is -0.340. The largest absolute Gasteiger partial charge is 0.312 e. The van der Waals surface area contributed by atoms with Crippen molar-refractivity contribution in [1.82, 2.24) is 5.32 Å². The number of halogens is 1. The summed E-state index contributed by atoms with van der Waals surface area (Å²) < 4.78 is 1.22. The minimum absolute atomic E-state index is 0.594. The minimum Gasteiger partial charge on any atom is -0.312 e. The molecule has 1 aliphatic rings. The van der Waals surface area contributed by atoms with E-state index in [1.54, 1.807) is 0 Å². The minimum atomic E-state index is 0.594. The van der Waals surface area contributed by atoms with Crippen LogP contribution in [0.4, 0.5) is 0 Å². The van der Waals surface area contributed by atoms with Gasteiger partial charge in [-0.3, -0.25) is 0 Å². The Kier molecular flexibility index (Phi) is 3.94. The molecular formula is C15H22BrN. The molecule has 1 saturated carbocycles.